The molecule has 0 N–H and O–H groups in total. The lowest BCUT2D eigenvalue weighted by atomic mass is 10.0. The van der Waals surface area contributed by atoms with Crippen LogP contribution in [0.15, 0.2) is 18.2 Å². The number of methoxy groups -OCH3 is 2. The van der Waals surface area contributed by atoms with E-state index >= 15 is 0 Å². The van der Waals surface area contributed by atoms with E-state index in [2.05, 4.69) is 35.0 Å². The van der Waals surface area contributed by atoms with E-state index in [-0.39, 0.29) is 0 Å². The molecule has 0 aromatic heterocycles. The van der Waals surface area contributed by atoms with Gasteiger partial charge in [-0.2, -0.15) is 0 Å². The van der Waals surface area contributed by atoms with Gasteiger partial charge in [0.1, 0.15) is 5.75 Å². The van der Waals surface area contributed by atoms with Crippen LogP contribution < -0.4 is 4.74 Å². The van der Waals surface area contributed by atoms with Gasteiger partial charge in [0.2, 0.25) is 0 Å². The lowest BCUT2D eigenvalue weighted by molar-refractivity contribution is 0.153. The molecule has 1 heterocycles. The summed E-state index contributed by atoms with van der Waals surface area (Å²) in [5, 5.41) is 0. The first-order valence-electron chi connectivity index (χ1n) is 7.78. The highest BCUT2D eigenvalue weighted by molar-refractivity contribution is 5.37. The summed E-state index contributed by atoms with van der Waals surface area (Å²) >= 11 is 0. The summed E-state index contributed by atoms with van der Waals surface area (Å²) in [6.07, 6.45) is 2.24. The molecule has 118 valence electrons. The maximum atomic E-state index is 5.47. The number of likely N-dealkylation sites (N-methyl/N-ethyl adjacent to an activating group) is 1. The molecule has 0 unspecified atom stereocenters. The molecule has 0 atom stereocenters. The van der Waals surface area contributed by atoms with Gasteiger partial charge in [-0.05, 0) is 49.7 Å². The molecule has 4 heteroatoms. The van der Waals surface area contributed by atoms with Crippen molar-refractivity contribution < 1.29 is 9.47 Å². The molecule has 0 spiro atoms. The SMILES string of the molecule is COCc1ccc(OC)c(CCCN2CCN(C)CC2)c1. The maximum absolute atomic E-state index is 5.47. The van der Waals surface area contributed by atoms with E-state index in [0.717, 1.165) is 12.2 Å². The standard InChI is InChI=1S/C17H28N2O2/c1-18-9-11-19(12-10-18)8-4-5-16-13-15(14-20-2)6-7-17(16)21-3/h6-7,13H,4-5,8-12,14H2,1-3H3. The summed E-state index contributed by atoms with van der Waals surface area (Å²) in [4.78, 5) is 4.96. The highest BCUT2D eigenvalue weighted by Gasteiger charge is 2.13. The van der Waals surface area contributed by atoms with Gasteiger partial charge in [0.05, 0.1) is 13.7 Å². The third-order valence-electron chi connectivity index (χ3n) is 4.17. The van der Waals surface area contributed by atoms with Gasteiger partial charge < -0.3 is 19.3 Å². The zero-order valence-electron chi connectivity index (χ0n) is 13.6. The third kappa shape index (κ3) is 4.99. The van der Waals surface area contributed by atoms with Crippen LogP contribution in [0.5, 0.6) is 5.75 Å². The van der Waals surface area contributed by atoms with Gasteiger partial charge in [0.15, 0.2) is 0 Å². The van der Waals surface area contributed by atoms with Gasteiger partial charge in [0.25, 0.3) is 0 Å². The Labute approximate surface area is 128 Å². The first kappa shape index (κ1) is 16.3. The van der Waals surface area contributed by atoms with E-state index in [1.165, 1.54) is 50.3 Å². The summed E-state index contributed by atoms with van der Waals surface area (Å²) in [7, 11) is 5.68. The predicted molar refractivity (Wildman–Crippen MR) is 86.0 cm³/mol. The minimum Gasteiger partial charge on any atom is -0.496 e. The zero-order chi connectivity index (χ0) is 15.1. The van der Waals surface area contributed by atoms with Crippen LogP contribution in [0.1, 0.15) is 17.5 Å². The second-order valence-corrected chi connectivity index (χ2v) is 5.83. The van der Waals surface area contributed by atoms with Gasteiger partial charge in [0, 0.05) is 33.3 Å². The van der Waals surface area contributed by atoms with Crippen LogP contribution in [0.2, 0.25) is 0 Å². The largest absolute Gasteiger partial charge is 0.496 e. The summed E-state index contributed by atoms with van der Waals surface area (Å²) in [5.41, 5.74) is 2.51. The Hall–Kier alpha value is -1.10. The van der Waals surface area contributed by atoms with Crippen molar-refractivity contribution in [2.24, 2.45) is 0 Å². The molecule has 1 aromatic carbocycles. The van der Waals surface area contributed by atoms with Crippen LogP contribution in [0.4, 0.5) is 0 Å². The van der Waals surface area contributed by atoms with Gasteiger partial charge in [-0.25, -0.2) is 0 Å². The number of hydrogen-bond acceptors (Lipinski definition) is 4. The Kier molecular flexibility index (Phi) is 6.49. The molecule has 0 saturated carbocycles. The molecule has 21 heavy (non-hydrogen) atoms. The van der Waals surface area contributed by atoms with Crippen molar-refractivity contribution in [3.05, 3.63) is 29.3 Å². The van der Waals surface area contributed by atoms with Crippen molar-refractivity contribution >= 4 is 0 Å². The molecular weight excluding hydrogens is 264 g/mol. The molecule has 1 aromatic rings. The number of benzene rings is 1. The van der Waals surface area contributed by atoms with E-state index < -0.39 is 0 Å². The molecule has 4 nitrogen and oxygen atoms in total. The highest BCUT2D eigenvalue weighted by Crippen LogP contribution is 2.22. The Morgan fingerprint density at radius 1 is 1.10 bits per heavy atom. The minimum absolute atomic E-state index is 0.662. The van der Waals surface area contributed by atoms with Gasteiger partial charge >= 0.3 is 0 Å². The molecule has 0 amide bonds. The topological polar surface area (TPSA) is 24.9 Å². The number of rotatable bonds is 7. The predicted octanol–water partition coefficient (Wildman–Crippen LogP) is 2.02. The van der Waals surface area contributed by atoms with Crippen molar-refractivity contribution in [2.45, 2.75) is 19.4 Å². The second kappa shape index (κ2) is 8.37. The molecule has 0 bridgehead atoms. The summed E-state index contributed by atoms with van der Waals surface area (Å²) in [5.74, 6) is 0.994. The molecule has 2 rings (SSSR count). The maximum Gasteiger partial charge on any atom is 0.122 e. The van der Waals surface area contributed by atoms with Crippen LogP contribution in [-0.2, 0) is 17.8 Å². The summed E-state index contributed by atoms with van der Waals surface area (Å²) < 4.78 is 10.7. The normalized spacial score (nSPS) is 17.1. The fourth-order valence-corrected chi connectivity index (χ4v) is 2.85. The van der Waals surface area contributed by atoms with Crippen molar-refractivity contribution in [3.63, 3.8) is 0 Å². The first-order chi connectivity index (χ1) is 10.2. The molecule has 0 radical (unpaired) electrons. The van der Waals surface area contributed by atoms with E-state index in [1.54, 1.807) is 14.2 Å². The third-order valence-corrected chi connectivity index (χ3v) is 4.17. The molecule has 1 aliphatic rings. The van der Waals surface area contributed by atoms with E-state index in [1.807, 2.05) is 0 Å². The highest BCUT2D eigenvalue weighted by atomic mass is 16.5. The van der Waals surface area contributed by atoms with Crippen LogP contribution in [0.3, 0.4) is 0 Å². The van der Waals surface area contributed by atoms with Crippen LogP contribution in [0, 0.1) is 0 Å². The minimum atomic E-state index is 0.662. The fourth-order valence-electron chi connectivity index (χ4n) is 2.85. The average Bonchev–Trinajstić information content (AvgIpc) is 2.50. The Morgan fingerprint density at radius 2 is 1.86 bits per heavy atom. The number of piperazine rings is 1. The Balaban J connectivity index is 1.85. The quantitative estimate of drug-likeness (QED) is 0.767. The van der Waals surface area contributed by atoms with Gasteiger partial charge in [-0.3, -0.25) is 0 Å². The monoisotopic (exact) mass is 292 g/mol. The van der Waals surface area contributed by atoms with Crippen molar-refractivity contribution in [1.29, 1.82) is 0 Å². The average molecular weight is 292 g/mol. The molecule has 1 saturated heterocycles. The summed E-state index contributed by atoms with van der Waals surface area (Å²) in [6.45, 7) is 6.59. The van der Waals surface area contributed by atoms with E-state index in [9.17, 15) is 0 Å². The second-order valence-electron chi connectivity index (χ2n) is 5.83. The number of hydrogen-bond donors (Lipinski definition) is 0. The molecule has 1 fully saturated rings. The van der Waals surface area contributed by atoms with Crippen molar-refractivity contribution in [2.75, 3.05) is 54.0 Å². The van der Waals surface area contributed by atoms with Crippen LogP contribution in [0.25, 0.3) is 0 Å². The number of nitrogens with zero attached hydrogens (tertiary/aromatic N) is 2. The fraction of sp³-hybridized carbons (Fsp3) is 0.647. The van der Waals surface area contributed by atoms with Crippen LogP contribution in [-0.4, -0.2) is 63.8 Å². The Morgan fingerprint density at radius 3 is 2.52 bits per heavy atom. The van der Waals surface area contributed by atoms with E-state index in [4.69, 9.17) is 9.47 Å². The molecule has 0 aliphatic carbocycles. The van der Waals surface area contributed by atoms with Crippen LogP contribution >= 0.6 is 0 Å². The lowest BCUT2D eigenvalue weighted by Crippen LogP contribution is -2.44. The first-order valence-corrected chi connectivity index (χ1v) is 7.78. The van der Waals surface area contributed by atoms with Gasteiger partial charge in [-0.1, -0.05) is 6.07 Å². The number of aryl methyl sites for hydroxylation is 1. The molecular formula is C17H28N2O2. The molecule has 1 aliphatic heterocycles. The Bertz CT molecular complexity index is 429. The van der Waals surface area contributed by atoms with Crippen molar-refractivity contribution in [3.8, 4) is 5.75 Å². The lowest BCUT2D eigenvalue weighted by Gasteiger charge is -2.32. The zero-order valence-corrected chi connectivity index (χ0v) is 13.6. The summed E-state index contributed by atoms with van der Waals surface area (Å²) in [6, 6.07) is 6.35. The van der Waals surface area contributed by atoms with Crippen molar-refractivity contribution in [1.82, 2.24) is 9.80 Å². The number of ether oxygens (including phenoxy) is 2. The van der Waals surface area contributed by atoms with E-state index in [0.29, 0.717) is 6.61 Å². The smallest absolute Gasteiger partial charge is 0.122 e. The van der Waals surface area contributed by atoms with Gasteiger partial charge in [-0.15, -0.1) is 0 Å².